The van der Waals surface area contributed by atoms with Gasteiger partial charge in [0.05, 0.1) is 5.69 Å². The van der Waals surface area contributed by atoms with Crippen LogP contribution in [0.1, 0.15) is 30.1 Å². The van der Waals surface area contributed by atoms with Crippen LogP contribution in [0.15, 0.2) is 36.7 Å². The SMILES string of the molecule is Cn1cc2cc(-c3ccc4cc(C5CC6(C5)CC6(F)F)sc4n3)cnc2n1. The summed E-state index contributed by atoms with van der Waals surface area (Å²) in [5.41, 5.74) is 1.86. The Morgan fingerprint density at radius 1 is 1.19 bits per heavy atom. The zero-order chi connectivity index (χ0) is 18.4. The van der Waals surface area contributed by atoms with E-state index >= 15 is 0 Å². The number of rotatable bonds is 2. The Morgan fingerprint density at radius 3 is 2.78 bits per heavy atom. The van der Waals surface area contributed by atoms with E-state index in [-0.39, 0.29) is 12.3 Å². The highest BCUT2D eigenvalue weighted by atomic mass is 32.1. The number of pyridine rings is 2. The van der Waals surface area contributed by atoms with Crippen LogP contribution in [-0.4, -0.2) is 25.7 Å². The zero-order valence-corrected chi connectivity index (χ0v) is 15.4. The second-order valence-corrected chi connectivity index (χ2v) is 9.01. The Morgan fingerprint density at radius 2 is 2.00 bits per heavy atom. The van der Waals surface area contributed by atoms with Crippen molar-refractivity contribution in [1.29, 1.82) is 0 Å². The minimum Gasteiger partial charge on any atom is -0.273 e. The molecule has 0 amide bonds. The van der Waals surface area contributed by atoms with Gasteiger partial charge in [0.2, 0.25) is 0 Å². The van der Waals surface area contributed by atoms with E-state index in [1.165, 1.54) is 4.88 Å². The van der Waals surface area contributed by atoms with E-state index in [1.807, 2.05) is 25.4 Å². The van der Waals surface area contributed by atoms with Crippen molar-refractivity contribution in [3.05, 3.63) is 41.5 Å². The molecule has 4 aromatic rings. The molecule has 2 fully saturated rings. The monoisotopic (exact) mass is 382 g/mol. The maximum absolute atomic E-state index is 13.5. The van der Waals surface area contributed by atoms with Gasteiger partial charge in [0.1, 0.15) is 4.83 Å². The molecular weight excluding hydrogens is 366 g/mol. The molecule has 2 saturated carbocycles. The number of nitrogens with zero attached hydrogens (tertiary/aromatic N) is 4. The van der Waals surface area contributed by atoms with Crippen LogP contribution in [-0.2, 0) is 7.05 Å². The van der Waals surface area contributed by atoms with Gasteiger partial charge in [0.15, 0.2) is 5.65 Å². The zero-order valence-electron chi connectivity index (χ0n) is 14.6. The molecule has 0 unspecified atom stereocenters. The van der Waals surface area contributed by atoms with Crippen LogP contribution >= 0.6 is 11.3 Å². The minimum atomic E-state index is -2.43. The van der Waals surface area contributed by atoms with Crippen LogP contribution in [0, 0.1) is 5.41 Å². The largest absolute Gasteiger partial charge is 0.273 e. The predicted molar refractivity (Wildman–Crippen MR) is 101 cm³/mol. The van der Waals surface area contributed by atoms with Crippen LogP contribution < -0.4 is 0 Å². The van der Waals surface area contributed by atoms with Crippen LogP contribution in [0.4, 0.5) is 8.78 Å². The van der Waals surface area contributed by atoms with Crippen molar-refractivity contribution in [2.45, 2.75) is 31.1 Å². The van der Waals surface area contributed by atoms with Gasteiger partial charge in [0.25, 0.3) is 5.92 Å². The molecule has 0 aromatic carbocycles. The number of fused-ring (bicyclic) bond motifs is 2. The van der Waals surface area contributed by atoms with Crippen LogP contribution in [0.5, 0.6) is 0 Å². The summed E-state index contributed by atoms with van der Waals surface area (Å²) in [6, 6.07) is 8.22. The average molecular weight is 382 g/mol. The van der Waals surface area contributed by atoms with Gasteiger partial charge in [-0.2, -0.15) is 5.10 Å². The van der Waals surface area contributed by atoms with Crippen molar-refractivity contribution in [3.8, 4) is 11.3 Å². The third-order valence-electron chi connectivity index (χ3n) is 6.06. The number of hydrogen-bond donors (Lipinski definition) is 0. The molecule has 0 N–H and O–H groups in total. The number of aromatic nitrogens is 4. The molecule has 136 valence electrons. The summed E-state index contributed by atoms with van der Waals surface area (Å²) in [4.78, 5) is 11.4. The maximum atomic E-state index is 13.5. The maximum Gasteiger partial charge on any atom is 0.254 e. The molecule has 0 saturated heterocycles. The molecule has 2 aliphatic rings. The normalized spacial score (nSPS) is 26.0. The van der Waals surface area contributed by atoms with Gasteiger partial charge in [-0.1, -0.05) is 0 Å². The Balaban J connectivity index is 1.33. The topological polar surface area (TPSA) is 43.6 Å². The van der Waals surface area contributed by atoms with Crippen LogP contribution in [0.2, 0.25) is 0 Å². The van der Waals surface area contributed by atoms with E-state index in [2.05, 4.69) is 22.2 Å². The average Bonchev–Trinajstić information content (AvgIpc) is 2.92. The van der Waals surface area contributed by atoms with Crippen LogP contribution in [0.25, 0.3) is 32.5 Å². The van der Waals surface area contributed by atoms with Gasteiger partial charge in [0, 0.05) is 52.5 Å². The highest BCUT2D eigenvalue weighted by Crippen LogP contribution is 2.75. The highest BCUT2D eigenvalue weighted by Gasteiger charge is 2.75. The minimum absolute atomic E-state index is 0.0770. The van der Waals surface area contributed by atoms with Crippen molar-refractivity contribution < 1.29 is 8.78 Å². The van der Waals surface area contributed by atoms with Crippen LogP contribution in [0.3, 0.4) is 0 Å². The highest BCUT2D eigenvalue weighted by molar-refractivity contribution is 7.18. The summed E-state index contributed by atoms with van der Waals surface area (Å²) in [6.45, 7) is 0. The molecule has 0 bridgehead atoms. The first-order chi connectivity index (χ1) is 12.9. The van der Waals surface area contributed by atoms with E-state index < -0.39 is 11.3 Å². The van der Waals surface area contributed by atoms with Crippen molar-refractivity contribution in [2.75, 3.05) is 0 Å². The molecule has 0 aliphatic heterocycles. The fourth-order valence-electron chi connectivity index (χ4n) is 4.38. The molecule has 6 rings (SSSR count). The third kappa shape index (κ3) is 2.21. The molecule has 7 heteroatoms. The second kappa shape index (κ2) is 4.90. The number of alkyl halides is 2. The Kier molecular flexibility index (Phi) is 2.83. The molecule has 2 aliphatic carbocycles. The molecule has 27 heavy (non-hydrogen) atoms. The van der Waals surface area contributed by atoms with E-state index in [0.717, 1.165) is 32.5 Å². The molecule has 0 atom stereocenters. The smallest absolute Gasteiger partial charge is 0.254 e. The van der Waals surface area contributed by atoms with E-state index in [9.17, 15) is 8.78 Å². The van der Waals surface area contributed by atoms with Gasteiger partial charge in [-0.15, -0.1) is 11.3 Å². The Hall–Kier alpha value is -2.41. The lowest BCUT2D eigenvalue weighted by Gasteiger charge is -2.35. The lowest BCUT2D eigenvalue weighted by molar-refractivity contribution is 0.0206. The van der Waals surface area contributed by atoms with E-state index in [0.29, 0.717) is 12.8 Å². The summed E-state index contributed by atoms with van der Waals surface area (Å²) in [6.07, 6.45) is 5.03. The molecule has 4 aromatic heterocycles. The first-order valence-electron chi connectivity index (χ1n) is 9.01. The van der Waals surface area contributed by atoms with Gasteiger partial charge >= 0.3 is 0 Å². The Labute approximate surface area is 157 Å². The van der Waals surface area contributed by atoms with Gasteiger partial charge in [-0.25, -0.2) is 18.7 Å². The summed E-state index contributed by atoms with van der Waals surface area (Å²) in [7, 11) is 1.88. The molecule has 4 nitrogen and oxygen atoms in total. The van der Waals surface area contributed by atoms with Gasteiger partial charge in [-0.05, 0) is 43.0 Å². The molecule has 0 radical (unpaired) electrons. The standard InChI is InChI=1S/C20H16F2N4S/c1-26-9-13-4-12(8-23-17(13)25-26)15-3-2-11-5-16(27-18(11)24-15)14-6-19(7-14)10-20(19,21)22/h2-5,8-9,14H,6-7,10H2,1H3. The third-order valence-corrected chi connectivity index (χ3v) is 7.27. The molecular formula is C20H16F2N4S. The molecule has 4 heterocycles. The quantitative estimate of drug-likeness (QED) is 0.482. The van der Waals surface area contributed by atoms with E-state index in [4.69, 9.17) is 4.98 Å². The summed E-state index contributed by atoms with van der Waals surface area (Å²) < 4.78 is 28.7. The number of aryl methyl sites for hydroxylation is 1. The predicted octanol–water partition coefficient (Wildman–Crippen LogP) is 5.15. The van der Waals surface area contributed by atoms with Crippen molar-refractivity contribution >= 4 is 32.6 Å². The van der Waals surface area contributed by atoms with Crippen molar-refractivity contribution in [2.24, 2.45) is 12.5 Å². The van der Waals surface area contributed by atoms with Gasteiger partial charge in [-0.3, -0.25) is 4.68 Å². The van der Waals surface area contributed by atoms with E-state index in [1.54, 1.807) is 22.2 Å². The second-order valence-electron chi connectivity index (χ2n) is 7.95. The van der Waals surface area contributed by atoms with Crippen molar-refractivity contribution in [1.82, 2.24) is 19.7 Å². The fourth-order valence-corrected chi connectivity index (χ4v) is 5.51. The first-order valence-corrected chi connectivity index (χ1v) is 9.82. The van der Waals surface area contributed by atoms with Gasteiger partial charge < -0.3 is 0 Å². The first kappa shape index (κ1) is 15.6. The summed E-state index contributed by atoms with van der Waals surface area (Å²) >= 11 is 1.63. The number of halogens is 2. The summed E-state index contributed by atoms with van der Waals surface area (Å²) in [5.74, 6) is -2.17. The van der Waals surface area contributed by atoms with Crippen molar-refractivity contribution in [3.63, 3.8) is 0 Å². The lowest BCUT2D eigenvalue weighted by atomic mass is 9.70. The molecule has 1 spiro atoms. The Bertz CT molecular complexity index is 1220. The fraction of sp³-hybridized carbons (Fsp3) is 0.350. The number of hydrogen-bond acceptors (Lipinski definition) is 4. The summed E-state index contributed by atoms with van der Waals surface area (Å²) in [5, 5.41) is 6.36. The number of thiophene rings is 1. The lowest BCUT2D eigenvalue weighted by Crippen LogP contribution is -2.28.